The number of anilines is 5. The van der Waals surface area contributed by atoms with Crippen LogP contribution >= 0.6 is 34.2 Å². The second kappa shape index (κ2) is 25.0. The third-order valence-corrected chi connectivity index (χ3v) is 20.2. The number of nitrogens with one attached hydrogen (secondary N) is 4. The molecule has 5 N–H and O–H groups in total. The summed E-state index contributed by atoms with van der Waals surface area (Å²) in [4.78, 5) is 83.8. The number of benzene rings is 5. The topological polar surface area (TPSA) is 252 Å². The molecule has 5 heterocycles. The Balaban J connectivity index is 0.822. The van der Waals surface area contributed by atoms with Crippen LogP contribution < -0.4 is 50.0 Å². The highest BCUT2D eigenvalue weighted by atomic mass is 33.1. The molecule has 0 saturated carbocycles. The minimum Gasteiger partial charge on any atom is -0.493 e. The van der Waals surface area contributed by atoms with Crippen LogP contribution in [0.5, 0.6) is 23.0 Å². The molecule has 83 heavy (non-hydrogen) atoms. The SMILES string of the molecule is COc1cc2c(cc1OCc1cc(COc3cc4c(cc3OC)C(=O)N3c5ccccc5CC3C(S(=O)(=O)O)N4)cc(NC(=O)CCC(C)(C)SSCCCC(=O)NCCN3CC(=O)C(S)CC3=O)c1)NCC1Cc3ccccc3N1C2=O. The molecule has 0 radical (unpaired) electrons. The third-order valence-electron chi connectivity index (χ3n) is 15.2. The van der Waals surface area contributed by atoms with E-state index >= 15 is 0 Å². The summed E-state index contributed by atoms with van der Waals surface area (Å²) in [6, 6.07) is 25.8. The molecule has 5 aliphatic heterocycles. The fourth-order valence-electron chi connectivity index (χ4n) is 11.0. The number of amides is 5. The number of para-hydroxylation sites is 2. The van der Waals surface area contributed by atoms with Gasteiger partial charge in [-0.1, -0.05) is 58.0 Å². The summed E-state index contributed by atoms with van der Waals surface area (Å²) in [6.07, 6.45) is 2.61. The lowest BCUT2D eigenvalue weighted by atomic mass is 10.1. The highest BCUT2D eigenvalue weighted by Crippen LogP contribution is 2.45. The molecule has 5 amide bonds. The van der Waals surface area contributed by atoms with Crippen LogP contribution in [0.3, 0.4) is 0 Å². The number of carbonyl (C=O) groups excluding carboxylic acids is 6. The van der Waals surface area contributed by atoms with E-state index in [9.17, 15) is 41.7 Å². The predicted octanol–water partition coefficient (Wildman–Crippen LogP) is 7.94. The van der Waals surface area contributed by atoms with Crippen molar-refractivity contribution < 1.29 is 60.7 Å². The van der Waals surface area contributed by atoms with E-state index in [0.29, 0.717) is 76.8 Å². The van der Waals surface area contributed by atoms with E-state index in [4.69, 9.17) is 18.9 Å². The molecule has 24 heteroatoms. The Morgan fingerprint density at radius 2 is 1.39 bits per heavy atom. The molecule has 0 bridgehead atoms. The van der Waals surface area contributed by atoms with E-state index < -0.39 is 32.7 Å². The predicted molar refractivity (Wildman–Crippen MR) is 323 cm³/mol. The zero-order valence-electron chi connectivity index (χ0n) is 46.2. The maximum Gasteiger partial charge on any atom is 0.288 e. The lowest BCUT2D eigenvalue weighted by Crippen LogP contribution is -2.49. The minimum atomic E-state index is -4.75. The molecule has 4 unspecified atom stereocenters. The maximum atomic E-state index is 14.3. The van der Waals surface area contributed by atoms with Crippen molar-refractivity contribution in [3.05, 3.63) is 124 Å². The summed E-state index contributed by atoms with van der Waals surface area (Å²) in [7, 11) is 1.43. The highest BCUT2D eigenvalue weighted by Gasteiger charge is 2.47. The number of likely N-dealkylation sites (tertiary alicyclic amines) is 1. The molecule has 0 spiro atoms. The average molecular weight is 1210 g/mol. The van der Waals surface area contributed by atoms with E-state index in [2.05, 4.69) is 47.7 Å². The van der Waals surface area contributed by atoms with Crippen molar-refractivity contribution in [3.63, 3.8) is 0 Å². The normalized spacial score (nSPS) is 18.9. The molecule has 10 rings (SSSR count). The van der Waals surface area contributed by atoms with Gasteiger partial charge in [0.2, 0.25) is 17.7 Å². The monoisotopic (exact) mass is 1210 g/mol. The molecule has 5 aromatic rings. The molecular weight excluding hydrogens is 1140 g/mol. The summed E-state index contributed by atoms with van der Waals surface area (Å²) in [5, 5.41) is 10.1. The van der Waals surface area contributed by atoms with Crippen molar-refractivity contribution in [1.29, 1.82) is 0 Å². The van der Waals surface area contributed by atoms with Gasteiger partial charge in [-0.05, 0) is 104 Å². The van der Waals surface area contributed by atoms with Crippen LogP contribution in [0.2, 0.25) is 0 Å². The molecule has 0 aliphatic carbocycles. The number of methoxy groups -OCH3 is 2. The first kappa shape index (κ1) is 59.1. The number of hydrogen-bond acceptors (Lipinski definition) is 17. The van der Waals surface area contributed by atoms with E-state index in [-0.39, 0.29) is 115 Å². The van der Waals surface area contributed by atoms with E-state index in [0.717, 1.165) is 23.2 Å². The molecule has 4 atom stereocenters. The first-order chi connectivity index (χ1) is 39.8. The number of piperidine rings is 1. The number of hydrogen-bond donors (Lipinski definition) is 6. The van der Waals surface area contributed by atoms with Crippen LogP contribution in [-0.2, 0) is 55.4 Å². The van der Waals surface area contributed by atoms with Crippen molar-refractivity contribution in [3.8, 4) is 23.0 Å². The van der Waals surface area contributed by atoms with Crippen molar-refractivity contribution in [2.45, 2.75) is 99.5 Å². The van der Waals surface area contributed by atoms with Crippen molar-refractivity contribution >= 4 is 108 Å². The van der Waals surface area contributed by atoms with E-state index in [1.165, 1.54) is 36.2 Å². The van der Waals surface area contributed by atoms with Crippen LogP contribution in [-0.4, -0.2) is 127 Å². The molecule has 438 valence electrons. The van der Waals surface area contributed by atoms with Crippen LogP contribution in [0.25, 0.3) is 0 Å². The van der Waals surface area contributed by atoms with Gasteiger partial charge in [-0.3, -0.25) is 33.3 Å². The number of fused-ring (bicyclic) bond motifs is 8. The summed E-state index contributed by atoms with van der Waals surface area (Å²) < 4.78 is 60.7. The van der Waals surface area contributed by atoms with Gasteiger partial charge in [0.25, 0.3) is 21.9 Å². The van der Waals surface area contributed by atoms with Crippen molar-refractivity contribution in [2.75, 3.05) is 71.9 Å². The molecule has 20 nitrogen and oxygen atoms in total. The van der Waals surface area contributed by atoms with Gasteiger partial charge in [-0.15, -0.1) is 0 Å². The summed E-state index contributed by atoms with van der Waals surface area (Å²) in [6.45, 7) is 5.05. The number of nitrogens with zero attached hydrogens (tertiary/aromatic N) is 3. The molecule has 1 fully saturated rings. The fourth-order valence-corrected chi connectivity index (χ4v) is 14.8. The second-order valence-corrected chi connectivity index (χ2v) is 26.9. The first-order valence-electron chi connectivity index (χ1n) is 27.3. The smallest absolute Gasteiger partial charge is 0.288 e. The van der Waals surface area contributed by atoms with Gasteiger partial charge >= 0.3 is 0 Å². The number of ether oxygens (including phenoxy) is 4. The zero-order chi connectivity index (χ0) is 58.7. The van der Waals surface area contributed by atoms with E-state index in [1.54, 1.807) is 64.1 Å². The fraction of sp³-hybridized carbons (Fsp3) is 0.390. The second-order valence-electron chi connectivity index (χ2n) is 21.6. The van der Waals surface area contributed by atoms with Gasteiger partial charge in [0.15, 0.2) is 34.2 Å². The molecule has 5 aliphatic rings. The van der Waals surface area contributed by atoms with E-state index in [1.807, 2.05) is 41.3 Å². The van der Waals surface area contributed by atoms with Crippen LogP contribution in [0.4, 0.5) is 28.4 Å². The summed E-state index contributed by atoms with van der Waals surface area (Å²) in [5.41, 5.74) is 6.26. The van der Waals surface area contributed by atoms with Gasteiger partial charge in [0.1, 0.15) is 13.2 Å². The van der Waals surface area contributed by atoms with Gasteiger partial charge in [-0.2, -0.15) is 21.0 Å². The van der Waals surface area contributed by atoms with Gasteiger partial charge in [0, 0.05) is 78.6 Å². The molecule has 5 aromatic carbocycles. The maximum absolute atomic E-state index is 14.3. The highest BCUT2D eigenvalue weighted by molar-refractivity contribution is 8.77. The number of Topliss-reactive ketones (excluding diaryl/α,β-unsaturated/α-hetero) is 1. The Bertz CT molecular complexity index is 3490. The largest absolute Gasteiger partial charge is 0.493 e. The standard InChI is InChI=1S/C59H65N7O13S4/c1-59(2,82-81-19-9-14-53(68)60-17-18-64-31-47(67)52(80)29-55(64)70)16-15-54(69)62-38-21-34(32-78-50-27-42-40(25-48(50)76-3)57(71)65-39(30-61-42)23-36-10-5-7-12-44(36)65)20-35(22-38)33-79-51-28-43-41(26-49(51)77-4)58(72)66-45-13-8-6-11-37(45)24-46(66)56(63-43)83(73,74)75/h5-8,10-13,20-22,25-28,39,46,52,56,61,63,80H,9,14-19,23-24,29-33H2,1-4H3,(H,60,68)(H,62,69)(H,73,74,75). The van der Waals surface area contributed by atoms with Gasteiger partial charge in [0.05, 0.1) is 60.6 Å². The van der Waals surface area contributed by atoms with Crippen molar-refractivity contribution in [1.82, 2.24) is 10.2 Å². The first-order valence-corrected chi connectivity index (χ1v) is 31.6. The van der Waals surface area contributed by atoms with Gasteiger partial charge in [-0.25, -0.2) is 0 Å². The van der Waals surface area contributed by atoms with Gasteiger partial charge < -0.3 is 54.9 Å². The molecule has 1 saturated heterocycles. The Hall–Kier alpha value is -7.12. The minimum absolute atomic E-state index is 0.00436. The summed E-state index contributed by atoms with van der Waals surface area (Å²) >= 11 is 4.16. The van der Waals surface area contributed by atoms with Crippen LogP contribution in [0, 0.1) is 0 Å². The molecule has 0 aromatic heterocycles. The average Bonchev–Trinajstić information content (AvgIpc) is 2.25. The number of rotatable bonds is 22. The number of carbonyl (C=O) groups is 6. The van der Waals surface area contributed by atoms with Crippen LogP contribution in [0.1, 0.15) is 88.9 Å². The van der Waals surface area contributed by atoms with Crippen molar-refractivity contribution in [2.24, 2.45) is 0 Å². The zero-order valence-corrected chi connectivity index (χ0v) is 49.6. The number of thiol groups is 1. The Labute approximate surface area is 495 Å². The quantitative estimate of drug-likeness (QED) is 0.0166. The Morgan fingerprint density at radius 1 is 0.771 bits per heavy atom. The summed E-state index contributed by atoms with van der Waals surface area (Å²) in [5.74, 6) is 0.489. The Morgan fingerprint density at radius 3 is 2.05 bits per heavy atom. The molecular formula is C59H65N7O13S4. The van der Waals surface area contributed by atoms with Crippen LogP contribution in [0.15, 0.2) is 91.0 Å². The third kappa shape index (κ3) is 13.3. The Kier molecular flexibility index (Phi) is 17.8. The lowest BCUT2D eigenvalue weighted by Gasteiger charge is -2.28. The number of ketones is 1. The lowest BCUT2D eigenvalue weighted by molar-refractivity contribution is -0.139.